The average molecular weight is 236 g/mol. The van der Waals surface area contributed by atoms with Gasteiger partial charge in [0.1, 0.15) is 0 Å². The van der Waals surface area contributed by atoms with Gasteiger partial charge in [0, 0.05) is 18.2 Å². The number of methoxy groups -OCH3 is 2. The fraction of sp³-hybridized carbons (Fsp3) is 0.538. The van der Waals surface area contributed by atoms with Gasteiger partial charge in [0.15, 0.2) is 11.5 Å². The first kappa shape index (κ1) is 12.2. The lowest BCUT2D eigenvalue weighted by Crippen LogP contribution is -2.29. The second-order valence-corrected chi connectivity index (χ2v) is 4.46. The Morgan fingerprint density at radius 2 is 2.06 bits per heavy atom. The molecule has 2 rings (SSSR count). The molecule has 1 aliphatic rings. The first-order valence-corrected chi connectivity index (χ1v) is 5.85. The summed E-state index contributed by atoms with van der Waals surface area (Å²) in [5, 5.41) is 0. The molecule has 4 nitrogen and oxygen atoms in total. The number of nitrogens with two attached hydrogens (primary N) is 1. The molecule has 1 fully saturated rings. The van der Waals surface area contributed by atoms with Crippen LogP contribution < -0.4 is 15.2 Å². The van der Waals surface area contributed by atoms with Crippen molar-refractivity contribution in [1.82, 2.24) is 4.90 Å². The van der Waals surface area contributed by atoms with Gasteiger partial charge in [0.25, 0.3) is 0 Å². The molecule has 1 aromatic rings. The van der Waals surface area contributed by atoms with Crippen molar-refractivity contribution in [2.45, 2.75) is 18.5 Å². The number of benzene rings is 1. The smallest absolute Gasteiger partial charge is 0.165 e. The number of likely N-dealkylation sites (N-methyl/N-ethyl adjacent to an activating group) is 1. The highest BCUT2D eigenvalue weighted by Crippen LogP contribution is 2.40. The first-order valence-electron chi connectivity index (χ1n) is 5.85. The molecule has 1 aromatic carbocycles. The molecular formula is C13H20N2O2. The molecule has 0 bridgehead atoms. The second kappa shape index (κ2) is 4.94. The molecule has 2 atom stereocenters. The van der Waals surface area contributed by atoms with Crippen LogP contribution in [0, 0.1) is 0 Å². The topological polar surface area (TPSA) is 47.7 Å². The minimum absolute atomic E-state index is 0.154. The van der Waals surface area contributed by atoms with Crippen LogP contribution >= 0.6 is 0 Å². The average Bonchev–Trinajstić information content (AvgIpc) is 2.68. The lowest BCUT2D eigenvalue weighted by molar-refractivity contribution is 0.287. The summed E-state index contributed by atoms with van der Waals surface area (Å²) in [6.45, 7) is 1.02. The van der Waals surface area contributed by atoms with Crippen LogP contribution in [0.5, 0.6) is 11.5 Å². The van der Waals surface area contributed by atoms with E-state index in [1.807, 2.05) is 12.1 Å². The Labute approximate surface area is 102 Å². The standard InChI is InChI=1S/C13H20N2O2/c1-15-8-7-10(14)12(15)9-5-4-6-11(16-2)13(9)17-3/h4-6,10,12H,7-8,14H2,1-3H3. The number of nitrogens with zero attached hydrogens (tertiary/aromatic N) is 1. The summed E-state index contributed by atoms with van der Waals surface area (Å²) in [6.07, 6.45) is 1.02. The largest absolute Gasteiger partial charge is 0.493 e. The van der Waals surface area contributed by atoms with Gasteiger partial charge >= 0.3 is 0 Å². The lowest BCUT2D eigenvalue weighted by Gasteiger charge is -2.25. The van der Waals surface area contributed by atoms with Gasteiger partial charge in [-0.25, -0.2) is 0 Å². The summed E-state index contributed by atoms with van der Waals surface area (Å²) in [6, 6.07) is 6.31. The highest BCUT2D eigenvalue weighted by Gasteiger charge is 2.33. The van der Waals surface area contributed by atoms with Gasteiger partial charge < -0.3 is 15.2 Å². The molecular weight excluding hydrogens is 216 g/mol. The van der Waals surface area contributed by atoms with Crippen LogP contribution in [0.3, 0.4) is 0 Å². The molecule has 0 saturated carbocycles. The molecule has 1 heterocycles. The summed E-state index contributed by atoms with van der Waals surface area (Å²) in [7, 11) is 5.41. The predicted molar refractivity (Wildman–Crippen MR) is 67.5 cm³/mol. The fourth-order valence-electron chi connectivity index (χ4n) is 2.59. The highest BCUT2D eigenvalue weighted by atomic mass is 16.5. The Bertz CT molecular complexity index is 385. The fourth-order valence-corrected chi connectivity index (χ4v) is 2.59. The van der Waals surface area contributed by atoms with Gasteiger partial charge in [-0.2, -0.15) is 0 Å². The van der Waals surface area contributed by atoms with E-state index in [-0.39, 0.29) is 12.1 Å². The third kappa shape index (κ3) is 2.10. The third-order valence-corrected chi connectivity index (χ3v) is 3.45. The van der Waals surface area contributed by atoms with Crippen molar-refractivity contribution in [3.63, 3.8) is 0 Å². The third-order valence-electron chi connectivity index (χ3n) is 3.45. The first-order chi connectivity index (χ1) is 8.19. The van der Waals surface area contributed by atoms with Gasteiger partial charge in [0.2, 0.25) is 0 Å². The van der Waals surface area contributed by atoms with E-state index in [0.717, 1.165) is 30.0 Å². The number of hydrogen-bond acceptors (Lipinski definition) is 4. The molecule has 1 saturated heterocycles. The van der Waals surface area contributed by atoms with Crippen molar-refractivity contribution in [2.75, 3.05) is 27.8 Å². The maximum atomic E-state index is 6.18. The second-order valence-electron chi connectivity index (χ2n) is 4.46. The minimum Gasteiger partial charge on any atom is -0.493 e. The van der Waals surface area contributed by atoms with Gasteiger partial charge in [-0.3, -0.25) is 4.90 Å². The van der Waals surface area contributed by atoms with Crippen LogP contribution in [0.4, 0.5) is 0 Å². The normalized spacial score (nSPS) is 24.9. The molecule has 0 amide bonds. The molecule has 0 aliphatic carbocycles. The van der Waals surface area contributed by atoms with E-state index >= 15 is 0 Å². The zero-order valence-corrected chi connectivity index (χ0v) is 10.6. The van der Waals surface area contributed by atoms with Gasteiger partial charge in [-0.05, 0) is 19.5 Å². The highest BCUT2D eigenvalue weighted by molar-refractivity contribution is 5.48. The van der Waals surface area contributed by atoms with Crippen molar-refractivity contribution in [3.05, 3.63) is 23.8 Å². The zero-order valence-electron chi connectivity index (χ0n) is 10.6. The molecule has 94 valence electrons. The van der Waals surface area contributed by atoms with Crippen molar-refractivity contribution < 1.29 is 9.47 Å². The van der Waals surface area contributed by atoms with Crippen LogP contribution in [-0.2, 0) is 0 Å². The number of para-hydroxylation sites is 1. The van der Waals surface area contributed by atoms with E-state index in [2.05, 4.69) is 18.0 Å². The summed E-state index contributed by atoms with van der Waals surface area (Å²) < 4.78 is 10.8. The molecule has 4 heteroatoms. The summed E-state index contributed by atoms with van der Waals surface area (Å²) in [5.74, 6) is 1.56. The maximum absolute atomic E-state index is 6.18. The quantitative estimate of drug-likeness (QED) is 0.862. The Morgan fingerprint density at radius 3 is 2.59 bits per heavy atom. The van der Waals surface area contributed by atoms with E-state index < -0.39 is 0 Å². The molecule has 0 aromatic heterocycles. The van der Waals surface area contributed by atoms with E-state index in [0.29, 0.717) is 0 Å². The van der Waals surface area contributed by atoms with Crippen molar-refractivity contribution in [1.29, 1.82) is 0 Å². The zero-order chi connectivity index (χ0) is 12.4. The van der Waals surface area contributed by atoms with Crippen molar-refractivity contribution >= 4 is 0 Å². The molecule has 0 spiro atoms. The number of likely N-dealkylation sites (tertiary alicyclic amines) is 1. The van der Waals surface area contributed by atoms with Crippen LogP contribution in [0.2, 0.25) is 0 Å². The van der Waals surface area contributed by atoms with Gasteiger partial charge in [0.05, 0.1) is 20.3 Å². The number of hydrogen-bond donors (Lipinski definition) is 1. The Kier molecular flexibility index (Phi) is 3.54. The van der Waals surface area contributed by atoms with Gasteiger partial charge in [-0.15, -0.1) is 0 Å². The van der Waals surface area contributed by atoms with Crippen molar-refractivity contribution in [3.8, 4) is 11.5 Å². The van der Waals surface area contributed by atoms with E-state index in [4.69, 9.17) is 15.2 Å². The Morgan fingerprint density at radius 1 is 1.29 bits per heavy atom. The molecule has 2 unspecified atom stereocenters. The molecule has 2 N–H and O–H groups in total. The summed E-state index contributed by atoms with van der Waals surface area (Å²) in [4.78, 5) is 2.27. The van der Waals surface area contributed by atoms with E-state index in [1.54, 1.807) is 14.2 Å². The summed E-state index contributed by atoms with van der Waals surface area (Å²) in [5.41, 5.74) is 7.29. The summed E-state index contributed by atoms with van der Waals surface area (Å²) >= 11 is 0. The lowest BCUT2D eigenvalue weighted by atomic mass is 9.99. The van der Waals surface area contributed by atoms with E-state index in [9.17, 15) is 0 Å². The van der Waals surface area contributed by atoms with Gasteiger partial charge in [-0.1, -0.05) is 12.1 Å². The number of ether oxygens (including phenoxy) is 2. The SMILES string of the molecule is COc1cccc(C2C(N)CCN2C)c1OC. The molecule has 1 aliphatic heterocycles. The molecule has 17 heavy (non-hydrogen) atoms. The minimum atomic E-state index is 0.154. The Balaban J connectivity index is 2.43. The molecule has 0 radical (unpaired) electrons. The van der Waals surface area contributed by atoms with E-state index in [1.165, 1.54) is 0 Å². The Hall–Kier alpha value is -1.26. The number of rotatable bonds is 3. The van der Waals surface area contributed by atoms with Crippen molar-refractivity contribution in [2.24, 2.45) is 5.73 Å². The van der Waals surface area contributed by atoms with Crippen LogP contribution in [0.1, 0.15) is 18.0 Å². The van der Waals surface area contributed by atoms with Crippen LogP contribution in [-0.4, -0.2) is 38.8 Å². The van der Waals surface area contributed by atoms with Crippen LogP contribution in [0.15, 0.2) is 18.2 Å². The predicted octanol–water partition coefficient (Wildman–Crippen LogP) is 1.41. The monoisotopic (exact) mass is 236 g/mol. The maximum Gasteiger partial charge on any atom is 0.165 e. The van der Waals surface area contributed by atoms with Crippen LogP contribution in [0.25, 0.3) is 0 Å².